The van der Waals surface area contributed by atoms with Crippen LogP contribution in [0.5, 0.6) is 0 Å². The van der Waals surface area contributed by atoms with Gasteiger partial charge in [-0.3, -0.25) is 4.79 Å². The zero-order valence-corrected chi connectivity index (χ0v) is 13.5. The van der Waals surface area contributed by atoms with Crippen molar-refractivity contribution in [2.75, 3.05) is 26.3 Å². The summed E-state index contributed by atoms with van der Waals surface area (Å²) in [7, 11) is 0. The lowest BCUT2D eigenvalue weighted by Crippen LogP contribution is -2.47. The number of amides is 1. The van der Waals surface area contributed by atoms with Gasteiger partial charge in [-0.1, -0.05) is 0 Å². The second kappa shape index (κ2) is 5.99. The number of carbonyl (C=O) groups is 1. The Hall–Kier alpha value is -2.25. The SMILES string of the molecule is Cc1nnc(-c2ccc(C(=O)N3CCC4(CC3)OCCO4)cc2)o1. The van der Waals surface area contributed by atoms with Gasteiger partial charge in [0.05, 0.1) is 13.2 Å². The first-order valence-corrected chi connectivity index (χ1v) is 8.13. The Morgan fingerprint density at radius 2 is 1.75 bits per heavy atom. The summed E-state index contributed by atoms with van der Waals surface area (Å²) in [5.74, 6) is 0.540. The van der Waals surface area contributed by atoms with Crippen LogP contribution in [0, 0.1) is 6.92 Å². The van der Waals surface area contributed by atoms with Gasteiger partial charge >= 0.3 is 0 Å². The van der Waals surface area contributed by atoms with Crippen molar-refractivity contribution in [1.29, 1.82) is 0 Å². The molecule has 2 aliphatic heterocycles. The first kappa shape index (κ1) is 15.3. The van der Waals surface area contributed by atoms with Crippen molar-refractivity contribution in [3.8, 4) is 11.5 Å². The molecule has 2 saturated heterocycles. The van der Waals surface area contributed by atoms with Crippen molar-refractivity contribution in [2.45, 2.75) is 25.6 Å². The molecule has 1 aromatic heterocycles. The van der Waals surface area contributed by atoms with E-state index in [1.807, 2.05) is 17.0 Å². The number of hydrogen-bond acceptors (Lipinski definition) is 6. The van der Waals surface area contributed by atoms with Crippen molar-refractivity contribution in [3.63, 3.8) is 0 Å². The van der Waals surface area contributed by atoms with E-state index >= 15 is 0 Å². The number of carbonyl (C=O) groups excluding carboxylic acids is 1. The molecule has 4 rings (SSSR count). The summed E-state index contributed by atoms with van der Waals surface area (Å²) in [6.07, 6.45) is 1.44. The van der Waals surface area contributed by atoms with E-state index < -0.39 is 5.79 Å². The summed E-state index contributed by atoms with van der Waals surface area (Å²) in [4.78, 5) is 14.5. The summed E-state index contributed by atoms with van der Waals surface area (Å²) in [5, 5.41) is 7.79. The molecular formula is C17H19N3O4. The van der Waals surface area contributed by atoms with Gasteiger partial charge in [0, 0.05) is 44.0 Å². The predicted molar refractivity (Wildman–Crippen MR) is 84.2 cm³/mol. The maximum Gasteiger partial charge on any atom is 0.253 e. The predicted octanol–water partition coefficient (Wildman–Crippen LogP) is 2.02. The van der Waals surface area contributed by atoms with Crippen molar-refractivity contribution in [3.05, 3.63) is 35.7 Å². The maximum absolute atomic E-state index is 12.6. The molecule has 2 aliphatic rings. The van der Waals surface area contributed by atoms with Gasteiger partial charge in [-0.25, -0.2) is 0 Å². The van der Waals surface area contributed by atoms with Crippen LogP contribution in [0.4, 0.5) is 0 Å². The van der Waals surface area contributed by atoms with E-state index in [0.29, 0.717) is 43.6 Å². The van der Waals surface area contributed by atoms with E-state index in [1.165, 1.54) is 0 Å². The summed E-state index contributed by atoms with van der Waals surface area (Å²) < 4.78 is 16.8. The Labute approximate surface area is 139 Å². The average molecular weight is 329 g/mol. The standard InChI is InChI=1S/C17H19N3O4/c1-12-18-19-15(24-12)13-2-4-14(5-3-13)16(21)20-8-6-17(7-9-20)22-10-11-23-17/h2-5H,6-11H2,1H3. The van der Waals surface area contributed by atoms with Crippen LogP contribution in [0.15, 0.2) is 28.7 Å². The summed E-state index contributed by atoms with van der Waals surface area (Å²) in [6.45, 7) is 4.32. The fourth-order valence-corrected chi connectivity index (χ4v) is 3.19. The fraction of sp³-hybridized carbons (Fsp3) is 0.471. The summed E-state index contributed by atoms with van der Waals surface area (Å²) >= 11 is 0. The molecule has 7 heteroatoms. The maximum atomic E-state index is 12.6. The van der Waals surface area contributed by atoms with Crippen molar-refractivity contribution < 1.29 is 18.7 Å². The van der Waals surface area contributed by atoms with Gasteiger partial charge < -0.3 is 18.8 Å². The molecule has 24 heavy (non-hydrogen) atoms. The van der Waals surface area contributed by atoms with Crippen molar-refractivity contribution in [1.82, 2.24) is 15.1 Å². The van der Waals surface area contributed by atoms with E-state index in [9.17, 15) is 4.79 Å². The molecule has 0 bridgehead atoms. The first-order chi connectivity index (χ1) is 11.7. The number of aromatic nitrogens is 2. The van der Waals surface area contributed by atoms with Crippen LogP contribution in [-0.2, 0) is 9.47 Å². The fourth-order valence-electron chi connectivity index (χ4n) is 3.19. The third-order valence-corrected chi connectivity index (χ3v) is 4.53. The number of ether oxygens (including phenoxy) is 2. The minimum Gasteiger partial charge on any atom is -0.421 e. The monoisotopic (exact) mass is 329 g/mol. The molecule has 0 saturated carbocycles. The highest BCUT2D eigenvalue weighted by Gasteiger charge is 2.40. The number of hydrogen-bond donors (Lipinski definition) is 0. The number of piperidine rings is 1. The molecule has 0 N–H and O–H groups in total. The normalized spacial score (nSPS) is 19.8. The highest BCUT2D eigenvalue weighted by Crippen LogP contribution is 2.31. The molecule has 2 fully saturated rings. The Morgan fingerprint density at radius 1 is 1.08 bits per heavy atom. The number of nitrogens with zero attached hydrogens (tertiary/aromatic N) is 3. The average Bonchev–Trinajstić information content (AvgIpc) is 3.25. The molecule has 0 aliphatic carbocycles. The Morgan fingerprint density at radius 3 is 2.33 bits per heavy atom. The Bertz CT molecular complexity index is 725. The quantitative estimate of drug-likeness (QED) is 0.839. The summed E-state index contributed by atoms with van der Waals surface area (Å²) in [5.41, 5.74) is 1.46. The zero-order chi connectivity index (χ0) is 16.6. The smallest absolute Gasteiger partial charge is 0.253 e. The molecule has 0 radical (unpaired) electrons. The van der Waals surface area contributed by atoms with E-state index in [2.05, 4.69) is 10.2 Å². The molecular weight excluding hydrogens is 310 g/mol. The lowest BCUT2D eigenvalue weighted by Gasteiger charge is -2.37. The molecule has 7 nitrogen and oxygen atoms in total. The third kappa shape index (κ3) is 2.81. The van der Waals surface area contributed by atoms with Crippen LogP contribution < -0.4 is 0 Å². The minimum atomic E-state index is -0.462. The Kier molecular flexibility index (Phi) is 3.82. The molecule has 126 valence electrons. The van der Waals surface area contributed by atoms with Crippen LogP contribution in [0.3, 0.4) is 0 Å². The molecule has 3 heterocycles. The van der Waals surface area contributed by atoms with Gasteiger partial charge in [0.1, 0.15) is 0 Å². The molecule has 1 amide bonds. The molecule has 1 spiro atoms. The van der Waals surface area contributed by atoms with Gasteiger partial charge in [0.25, 0.3) is 5.91 Å². The van der Waals surface area contributed by atoms with Crippen LogP contribution in [0.1, 0.15) is 29.1 Å². The summed E-state index contributed by atoms with van der Waals surface area (Å²) in [6, 6.07) is 7.25. The lowest BCUT2D eigenvalue weighted by atomic mass is 10.0. The largest absolute Gasteiger partial charge is 0.421 e. The van der Waals surface area contributed by atoms with E-state index in [0.717, 1.165) is 18.4 Å². The van der Waals surface area contributed by atoms with E-state index in [4.69, 9.17) is 13.9 Å². The van der Waals surface area contributed by atoms with Crippen LogP contribution in [0.25, 0.3) is 11.5 Å². The van der Waals surface area contributed by atoms with Crippen LogP contribution in [-0.4, -0.2) is 53.1 Å². The van der Waals surface area contributed by atoms with Gasteiger partial charge in [-0.15, -0.1) is 10.2 Å². The van der Waals surface area contributed by atoms with Crippen molar-refractivity contribution >= 4 is 5.91 Å². The van der Waals surface area contributed by atoms with Gasteiger partial charge in [-0.05, 0) is 24.3 Å². The molecule has 0 atom stereocenters. The highest BCUT2D eigenvalue weighted by molar-refractivity contribution is 5.94. The second-order valence-corrected chi connectivity index (χ2v) is 6.10. The zero-order valence-electron chi connectivity index (χ0n) is 13.5. The molecule has 1 aromatic carbocycles. The third-order valence-electron chi connectivity index (χ3n) is 4.53. The number of benzene rings is 1. The minimum absolute atomic E-state index is 0.0242. The Balaban J connectivity index is 1.43. The van der Waals surface area contributed by atoms with Crippen LogP contribution in [0.2, 0.25) is 0 Å². The topological polar surface area (TPSA) is 77.7 Å². The van der Waals surface area contributed by atoms with Crippen molar-refractivity contribution in [2.24, 2.45) is 0 Å². The van der Waals surface area contributed by atoms with Crippen LogP contribution >= 0.6 is 0 Å². The number of aryl methyl sites for hydroxylation is 1. The van der Waals surface area contributed by atoms with Gasteiger partial charge in [0.2, 0.25) is 11.8 Å². The lowest BCUT2D eigenvalue weighted by molar-refractivity contribution is -0.181. The van der Waals surface area contributed by atoms with Gasteiger partial charge in [0.15, 0.2) is 5.79 Å². The second-order valence-electron chi connectivity index (χ2n) is 6.10. The van der Waals surface area contributed by atoms with Gasteiger partial charge in [-0.2, -0.15) is 0 Å². The number of likely N-dealkylation sites (tertiary alicyclic amines) is 1. The molecule has 2 aromatic rings. The number of rotatable bonds is 2. The van der Waals surface area contributed by atoms with E-state index in [1.54, 1.807) is 19.1 Å². The first-order valence-electron chi connectivity index (χ1n) is 8.13. The van der Waals surface area contributed by atoms with E-state index in [-0.39, 0.29) is 5.91 Å². The molecule has 0 unspecified atom stereocenters. The highest BCUT2D eigenvalue weighted by atomic mass is 16.7.